The standard InChI is InChI=1S/C13H13O3P/c1-17(15,13-8-3-2-4-9-13)16-12-7-5-6-11(14)10-12/h2-10,14H,1H3. The molecule has 0 heterocycles. The molecule has 0 aromatic heterocycles. The summed E-state index contributed by atoms with van der Waals surface area (Å²) < 4.78 is 17.9. The summed E-state index contributed by atoms with van der Waals surface area (Å²) in [6.07, 6.45) is 0. The summed E-state index contributed by atoms with van der Waals surface area (Å²) in [6, 6.07) is 15.3. The Labute approximate surface area is 100 Å². The van der Waals surface area contributed by atoms with Gasteiger partial charge >= 0.3 is 0 Å². The minimum absolute atomic E-state index is 0.0931. The van der Waals surface area contributed by atoms with E-state index in [1.165, 1.54) is 12.1 Å². The van der Waals surface area contributed by atoms with Gasteiger partial charge in [0.15, 0.2) is 0 Å². The number of phenols is 1. The van der Waals surface area contributed by atoms with Crippen molar-refractivity contribution in [2.75, 3.05) is 6.66 Å². The first-order valence-corrected chi connectivity index (χ1v) is 7.27. The van der Waals surface area contributed by atoms with Gasteiger partial charge in [-0.3, -0.25) is 4.57 Å². The average Bonchev–Trinajstić information content (AvgIpc) is 2.29. The second kappa shape index (κ2) is 4.64. The van der Waals surface area contributed by atoms with Crippen LogP contribution in [0.15, 0.2) is 54.6 Å². The average molecular weight is 248 g/mol. The Bertz CT molecular complexity index is 552. The topological polar surface area (TPSA) is 46.5 Å². The molecule has 1 unspecified atom stereocenters. The molecule has 0 amide bonds. The monoisotopic (exact) mass is 248 g/mol. The van der Waals surface area contributed by atoms with E-state index in [2.05, 4.69) is 0 Å². The van der Waals surface area contributed by atoms with Crippen LogP contribution in [-0.2, 0) is 4.57 Å². The minimum Gasteiger partial charge on any atom is -0.508 e. The molecule has 3 nitrogen and oxygen atoms in total. The predicted molar refractivity (Wildman–Crippen MR) is 68.3 cm³/mol. The summed E-state index contributed by atoms with van der Waals surface area (Å²) >= 11 is 0. The van der Waals surface area contributed by atoms with E-state index in [4.69, 9.17) is 4.52 Å². The molecule has 0 spiro atoms. The van der Waals surface area contributed by atoms with Crippen LogP contribution < -0.4 is 9.83 Å². The molecule has 0 aliphatic rings. The maximum Gasteiger partial charge on any atom is 0.274 e. The molecule has 2 aromatic carbocycles. The van der Waals surface area contributed by atoms with Gasteiger partial charge in [-0.1, -0.05) is 24.3 Å². The first-order chi connectivity index (χ1) is 8.08. The number of hydrogen-bond donors (Lipinski definition) is 1. The summed E-state index contributed by atoms with van der Waals surface area (Å²) in [5.74, 6) is 0.496. The third-order valence-electron chi connectivity index (χ3n) is 2.32. The normalized spacial score (nSPS) is 13.9. The van der Waals surface area contributed by atoms with Gasteiger partial charge in [-0.25, -0.2) is 0 Å². The van der Waals surface area contributed by atoms with Crippen LogP contribution in [0, 0.1) is 0 Å². The van der Waals surface area contributed by atoms with Crippen molar-refractivity contribution in [3.8, 4) is 11.5 Å². The van der Waals surface area contributed by atoms with Crippen LogP contribution in [0.1, 0.15) is 0 Å². The smallest absolute Gasteiger partial charge is 0.274 e. The van der Waals surface area contributed by atoms with Crippen molar-refractivity contribution >= 4 is 12.7 Å². The van der Waals surface area contributed by atoms with Gasteiger partial charge in [-0.05, 0) is 24.3 Å². The Balaban J connectivity index is 2.27. The van der Waals surface area contributed by atoms with Crippen LogP contribution in [-0.4, -0.2) is 11.8 Å². The largest absolute Gasteiger partial charge is 0.508 e. The third-order valence-corrected chi connectivity index (χ3v) is 4.12. The van der Waals surface area contributed by atoms with Crippen molar-refractivity contribution < 1.29 is 14.2 Å². The van der Waals surface area contributed by atoms with Crippen LogP contribution in [0.3, 0.4) is 0 Å². The van der Waals surface area contributed by atoms with E-state index in [0.717, 1.165) is 0 Å². The van der Waals surface area contributed by atoms with Crippen molar-refractivity contribution in [3.05, 3.63) is 54.6 Å². The van der Waals surface area contributed by atoms with Gasteiger partial charge in [0, 0.05) is 18.0 Å². The summed E-state index contributed by atoms with van der Waals surface area (Å²) in [4.78, 5) is 0. The van der Waals surface area contributed by atoms with E-state index in [1.807, 2.05) is 18.2 Å². The van der Waals surface area contributed by atoms with E-state index in [0.29, 0.717) is 11.1 Å². The van der Waals surface area contributed by atoms with Gasteiger partial charge in [0.25, 0.3) is 7.37 Å². The van der Waals surface area contributed by atoms with Crippen molar-refractivity contribution in [3.63, 3.8) is 0 Å². The van der Waals surface area contributed by atoms with Crippen LogP contribution >= 0.6 is 7.37 Å². The molecule has 0 bridgehead atoms. The summed E-state index contributed by atoms with van der Waals surface area (Å²) in [7, 11) is -2.90. The Morgan fingerprint density at radius 2 is 1.76 bits per heavy atom. The zero-order valence-corrected chi connectivity index (χ0v) is 10.3. The number of rotatable bonds is 3. The number of aromatic hydroxyl groups is 1. The van der Waals surface area contributed by atoms with Crippen molar-refractivity contribution in [1.29, 1.82) is 0 Å². The first kappa shape index (κ1) is 11.7. The van der Waals surface area contributed by atoms with Crippen molar-refractivity contribution in [2.24, 2.45) is 0 Å². The Hall–Kier alpha value is -1.73. The van der Waals surface area contributed by atoms with E-state index in [-0.39, 0.29) is 5.75 Å². The second-order valence-corrected chi connectivity index (χ2v) is 6.16. The quantitative estimate of drug-likeness (QED) is 0.849. The van der Waals surface area contributed by atoms with Crippen LogP contribution in [0.2, 0.25) is 0 Å². The lowest BCUT2D eigenvalue weighted by atomic mass is 10.3. The fourth-order valence-corrected chi connectivity index (χ4v) is 2.83. The first-order valence-electron chi connectivity index (χ1n) is 5.20. The number of benzene rings is 2. The van der Waals surface area contributed by atoms with Gasteiger partial charge in [0.2, 0.25) is 0 Å². The fraction of sp³-hybridized carbons (Fsp3) is 0.0769. The molecule has 0 radical (unpaired) electrons. The third kappa shape index (κ3) is 2.89. The second-order valence-electron chi connectivity index (χ2n) is 3.77. The molecular formula is C13H13O3P. The van der Waals surface area contributed by atoms with E-state index >= 15 is 0 Å². The van der Waals surface area contributed by atoms with Crippen molar-refractivity contribution in [2.45, 2.75) is 0 Å². The predicted octanol–water partition coefficient (Wildman–Crippen LogP) is 3.00. The van der Waals surface area contributed by atoms with Crippen LogP contribution in [0.25, 0.3) is 0 Å². The van der Waals surface area contributed by atoms with Gasteiger partial charge in [-0.15, -0.1) is 0 Å². The molecule has 0 saturated carbocycles. The number of phenolic OH excluding ortho intramolecular Hbond substituents is 1. The molecule has 88 valence electrons. The van der Waals surface area contributed by atoms with Crippen LogP contribution in [0.5, 0.6) is 11.5 Å². The molecule has 0 aliphatic carbocycles. The van der Waals surface area contributed by atoms with Crippen LogP contribution in [0.4, 0.5) is 0 Å². The van der Waals surface area contributed by atoms with Gasteiger partial charge in [0.1, 0.15) is 11.5 Å². The zero-order valence-electron chi connectivity index (χ0n) is 9.41. The van der Waals surface area contributed by atoms with Gasteiger partial charge in [0.05, 0.1) is 0 Å². The highest BCUT2D eigenvalue weighted by atomic mass is 31.2. The molecule has 2 rings (SSSR count). The molecule has 0 fully saturated rings. The highest BCUT2D eigenvalue weighted by molar-refractivity contribution is 7.66. The lowest BCUT2D eigenvalue weighted by Crippen LogP contribution is -2.07. The van der Waals surface area contributed by atoms with E-state index < -0.39 is 7.37 Å². The summed E-state index contributed by atoms with van der Waals surface area (Å²) in [6.45, 7) is 1.56. The lowest BCUT2D eigenvalue weighted by molar-refractivity contribution is 0.466. The Morgan fingerprint density at radius 3 is 2.41 bits per heavy atom. The molecular weight excluding hydrogens is 235 g/mol. The molecule has 17 heavy (non-hydrogen) atoms. The summed E-state index contributed by atoms with van der Waals surface area (Å²) in [5, 5.41) is 9.97. The van der Waals surface area contributed by atoms with Crippen molar-refractivity contribution in [1.82, 2.24) is 0 Å². The zero-order chi connectivity index (χ0) is 12.3. The SMILES string of the molecule is CP(=O)(Oc1cccc(O)c1)c1ccccc1. The minimum atomic E-state index is -2.90. The number of hydrogen-bond acceptors (Lipinski definition) is 3. The molecule has 4 heteroatoms. The highest BCUT2D eigenvalue weighted by Gasteiger charge is 2.20. The maximum absolute atomic E-state index is 12.4. The summed E-state index contributed by atoms with van der Waals surface area (Å²) in [5.41, 5.74) is 0. The fourth-order valence-electron chi connectivity index (χ4n) is 1.49. The molecule has 1 atom stereocenters. The Morgan fingerprint density at radius 1 is 1.06 bits per heavy atom. The van der Waals surface area contributed by atoms with E-state index in [1.54, 1.807) is 30.9 Å². The highest BCUT2D eigenvalue weighted by Crippen LogP contribution is 2.42. The molecule has 0 saturated heterocycles. The van der Waals surface area contributed by atoms with E-state index in [9.17, 15) is 9.67 Å². The maximum atomic E-state index is 12.4. The van der Waals surface area contributed by atoms with Gasteiger partial charge < -0.3 is 9.63 Å². The molecule has 2 aromatic rings. The van der Waals surface area contributed by atoms with Gasteiger partial charge in [-0.2, -0.15) is 0 Å². The Kier molecular flexibility index (Phi) is 3.21. The molecule has 1 N–H and O–H groups in total. The lowest BCUT2D eigenvalue weighted by Gasteiger charge is -2.15. The molecule has 0 aliphatic heterocycles.